The summed E-state index contributed by atoms with van der Waals surface area (Å²) in [4.78, 5) is 12.5. The molecule has 30 heavy (non-hydrogen) atoms. The van der Waals surface area contributed by atoms with Crippen molar-refractivity contribution in [2.75, 3.05) is 32.9 Å². The number of ether oxygens (including phenoxy) is 2. The highest BCUT2D eigenvalue weighted by Crippen LogP contribution is 2.25. The molecule has 2 aromatic rings. The molecule has 1 atom stereocenters. The van der Waals surface area contributed by atoms with Crippen molar-refractivity contribution in [2.45, 2.75) is 24.8 Å². The maximum Gasteiger partial charge on any atom is 0.258 e. The summed E-state index contributed by atoms with van der Waals surface area (Å²) in [5.41, 5.74) is 1.63. The Morgan fingerprint density at radius 2 is 1.97 bits per heavy atom. The highest BCUT2D eigenvalue weighted by molar-refractivity contribution is 9.10. The molecule has 1 heterocycles. The van der Waals surface area contributed by atoms with Crippen LogP contribution < -0.4 is 10.1 Å². The van der Waals surface area contributed by atoms with E-state index < -0.39 is 10.0 Å². The Morgan fingerprint density at radius 3 is 2.63 bits per heavy atom. The molecule has 3 rings (SSSR count). The summed E-state index contributed by atoms with van der Waals surface area (Å²) in [6, 6.07) is 12.2. The largest absolute Gasteiger partial charge is 0.484 e. The van der Waals surface area contributed by atoms with E-state index in [0.717, 1.165) is 10.0 Å². The zero-order valence-corrected chi connectivity index (χ0v) is 19.3. The second kappa shape index (κ2) is 9.91. The molecule has 1 fully saturated rings. The van der Waals surface area contributed by atoms with Crippen LogP contribution in [0.25, 0.3) is 0 Å². The average molecular weight is 497 g/mol. The molecular weight excluding hydrogens is 472 g/mol. The van der Waals surface area contributed by atoms with Gasteiger partial charge in [-0.3, -0.25) is 4.79 Å². The van der Waals surface area contributed by atoms with E-state index in [0.29, 0.717) is 37.6 Å². The lowest BCUT2D eigenvalue weighted by atomic mass is 10.1. The van der Waals surface area contributed by atoms with Gasteiger partial charge in [0.15, 0.2) is 6.61 Å². The molecule has 0 spiro atoms. The fourth-order valence-electron chi connectivity index (χ4n) is 3.17. The molecule has 9 heteroatoms. The van der Waals surface area contributed by atoms with Crippen molar-refractivity contribution in [3.8, 4) is 5.75 Å². The predicted molar refractivity (Wildman–Crippen MR) is 117 cm³/mol. The molecule has 7 nitrogen and oxygen atoms in total. The van der Waals surface area contributed by atoms with E-state index in [-0.39, 0.29) is 23.5 Å². The molecule has 1 N–H and O–H groups in total. The molecule has 1 amide bonds. The van der Waals surface area contributed by atoms with Crippen molar-refractivity contribution in [3.05, 3.63) is 58.1 Å². The lowest BCUT2D eigenvalue weighted by molar-refractivity contribution is -0.123. The molecule has 0 bridgehead atoms. The van der Waals surface area contributed by atoms with Gasteiger partial charge in [-0.1, -0.05) is 28.1 Å². The SMILES string of the molecule is Cc1cc(S(=O)(=O)N2CCOCC2)ccc1OCC(=O)NC(C)c1cccc(Br)c1. The van der Waals surface area contributed by atoms with E-state index in [1.165, 1.54) is 10.4 Å². The number of carbonyl (C=O) groups is 1. The third kappa shape index (κ3) is 5.60. The number of sulfonamides is 1. The van der Waals surface area contributed by atoms with Crippen LogP contribution in [0.15, 0.2) is 51.8 Å². The highest BCUT2D eigenvalue weighted by atomic mass is 79.9. The number of amides is 1. The van der Waals surface area contributed by atoms with Crippen LogP contribution in [0.2, 0.25) is 0 Å². The molecule has 1 unspecified atom stereocenters. The van der Waals surface area contributed by atoms with Gasteiger partial charge in [0.25, 0.3) is 5.91 Å². The van der Waals surface area contributed by atoms with E-state index in [1.807, 2.05) is 31.2 Å². The van der Waals surface area contributed by atoms with Crippen molar-refractivity contribution in [3.63, 3.8) is 0 Å². The number of aryl methyl sites for hydroxylation is 1. The van der Waals surface area contributed by atoms with Crippen molar-refractivity contribution in [2.24, 2.45) is 0 Å². The number of hydrogen-bond acceptors (Lipinski definition) is 5. The molecule has 0 aromatic heterocycles. The Balaban J connectivity index is 1.60. The van der Waals surface area contributed by atoms with Crippen LogP contribution in [0.1, 0.15) is 24.1 Å². The first-order valence-electron chi connectivity index (χ1n) is 9.63. The molecule has 162 valence electrons. The van der Waals surface area contributed by atoms with Crippen LogP contribution in [0.5, 0.6) is 5.75 Å². The summed E-state index contributed by atoms with van der Waals surface area (Å²) in [5.74, 6) is 0.216. The second-order valence-corrected chi connectivity index (χ2v) is 9.93. The summed E-state index contributed by atoms with van der Waals surface area (Å²) in [7, 11) is -3.57. The maximum absolute atomic E-state index is 12.8. The monoisotopic (exact) mass is 496 g/mol. The normalized spacial score (nSPS) is 16.1. The fourth-order valence-corrected chi connectivity index (χ4v) is 5.08. The molecule has 1 aliphatic heterocycles. The summed E-state index contributed by atoms with van der Waals surface area (Å²) in [6.07, 6.45) is 0. The van der Waals surface area contributed by atoms with Gasteiger partial charge >= 0.3 is 0 Å². The fraction of sp³-hybridized carbons (Fsp3) is 0.381. The van der Waals surface area contributed by atoms with Gasteiger partial charge in [-0.25, -0.2) is 8.42 Å². The van der Waals surface area contributed by atoms with E-state index in [9.17, 15) is 13.2 Å². The number of nitrogens with one attached hydrogen (secondary N) is 1. The quantitative estimate of drug-likeness (QED) is 0.636. The standard InChI is InChI=1S/C21H25BrN2O5S/c1-15-12-19(30(26,27)24-8-10-28-11-9-24)6-7-20(15)29-14-21(25)23-16(2)17-4-3-5-18(22)13-17/h3-7,12-13,16H,8-11,14H2,1-2H3,(H,23,25). The first kappa shape index (κ1) is 22.7. The van der Waals surface area contributed by atoms with E-state index in [2.05, 4.69) is 21.2 Å². The first-order chi connectivity index (χ1) is 14.3. The van der Waals surface area contributed by atoms with Gasteiger partial charge < -0.3 is 14.8 Å². The number of hydrogen-bond donors (Lipinski definition) is 1. The molecule has 0 saturated carbocycles. The lowest BCUT2D eigenvalue weighted by Gasteiger charge is -2.26. The molecule has 0 radical (unpaired) electrons. The van der Waals surface area contributed by atoms with Crippen LogP contribution in [-0.4, -0.2) is 51.5 Å². The van der Waals surface area contributed by atoms with Crippen LogP contribution in [0, 0.1) is 6.92 Å². The van der Waals surface area contributed by atoms with Crippen LogP contribution in [0.3, 0.4) is 0 Å². The number of halogens is 1. The Kier molecular flexibility index (Phi) is 7.51. The van der Waals surface area contributed by atoms with Gasteiger partial charge in [0.2, 0.25) is 10.0 Å². The Bertz CT molecular complexity index is 1010. The molecule has 0 aliphatic carbocycles. The minimum absolute atomic E-state index is 0.158. The van der Waals surface area contributed by atoms with Gasteiger partial charge in [-0.2, -0.15) is 4.31 Å². The summed E-state index contributed by atoms with van der Waals surface area (Å²) < 4.78 is 38.7. The molecule has 1 aliphatic rings. The number of rotatable bonds is 7. The van der Waals surface area contributed by atoms with E-state index >= 15 is 0 Å². The predicted octanol–water partition coefficient (Wildman–Crippen LogP) is 3.03. The average Bonchev–Trinajstić information content (AvgIpc) is 2.73. The smallest absolute Gasteiger partial charge is 0.258 e. The first-order valence-corrected chi connectivity index (χ1v) is 11.9. The Morgan fingerprint density at radius 1 is 1.23 bits per heavy atom. The molecule has 1 saturated heterocycles. The van der Waals surface area contributed by atoms with Crippen LogP contribution >= 0.6 is 15.9 Å². The topological polar surface area (TPSA) is 84.9 Å². The van der Waals surface area contributed by atoms with Crippen molar-refractivity contribution in [1.29, 1.82) is 0 Å². The van der Waals surface area contributed by atoms with Crippen LogP contribution in [-0.2, 0) is 19.6 Å². The number of morpholine rings is 1. The number of nitrogens with zero attached hydrogens (tertiary/aromatic N) is 1. The van der Waals surface area contributed by atoms with Gasteiger partial charge in [0, 0.05) is 17.6 Å². The zero-order valence-electron chi connectivity index (χ0n) is 16.9. The third-order valence-corrected chi connectivity index (χ3v) is 7.23. The van der Waals surface area contributed by atoms with Crippen LogP contribution in [0.4, 0.5) is 0 Å². The van der Waals surface area contributed by atoms with E-state index in [4.69, 9.17) is 9.47 Å². The highest BCUT2D eigenvalue weighted by Gasteiger charge is 2.26. The minimum atomic E-state index is -3.57. The molecular formula is C21H25BrN2O5S. The lowest BCUT2D eigenvalue weighted by Crippen LogP contribution is -2.40. The van der Waals surface area contributed by atoms with Crippen molar-refractivity contribution in [1.82, 2.24) is 9.62 Å². The number of benzene rings is 2. The maximum atomic E-state index is 12.8. The van der Waals surface area contributed by atoms with Crippen molar-refractivity contribution >= 4 is 31.9 Å². The Labute approximate surface area is 185 Å². The Hall–Kier alpha value is -1.94. The molecule has 2 aromatic carbocycles. The van der Waals surface area contributed by atoms with Gasteiger partial charge in [0.05, 0.1) is 24.2 Å². The van der Waals surface area contributed by atoms with Gasteiger partial charge in [-0.05, 0) is 55.3 Å². The zero-order chi connectivity index (χ0) is 21.7. The summed E-state index contributed by atoms with van der Waals surface area (Å²) in [5, 5.41) is 2.89. The van der Waals surface area contributed by atoms with Gasteiger partial charge in [0.1, 0.15) is 5.75 Å². The summed E-state index contributed by atoms with van der Waals surface area (Å²) in [6.45, 7) is 4.98. The minimum Gasteiger partial charge on any atom is -0.484 e. The third-order valence-electron chi connectivity index (χ3n) is 4.84. The van der Waals surface area contributed by atoms with E-state index in [1.54, 1.807) is 19.1 Å². The number of carbonyl (C=O) groups excluding carboxylic acids is 1. The second-order valence-electron chi connectivity index (χ2n) is 7.08. The van der Waals surface area contributed by atoms with Crippen molar-refractivity contribution < 1.29 is 22.7 Å². The summed E-state index contributed by atoms with van der Waals surface area (Å²) >= 11 is 3.42. The van der Waals surface area contributed by atoms with Gasteiger partial charge in [-0.15, -0.1) is 0 Å².